The van der Waals surface area contributed by atoms with Gasteiger partial charge in [0, 0.05) is 13.0 Å². The van der Waals surface area contributed by atoms with Crippen molar-refractivity contribution < 1.29 is 14.3 Å². The van der Waals surface area contributed by atoms with Gasteiger partial charge in [-0.3, -0.25) is 4.79 Å². The highest BCUT2D eigenvalue weighted by molar-refractivity contribution is 5.85. The summed E-state index contributed by atoms with van der Waals surface area (Å²) in [4.78, 5) is 14.0. The van der Waals surface area contributed by atoms with Gasteiger partial charge in [0.05, 0.1) is 13.7 Å². The van der Waals surface area contributed by atoms with Gasteiger partial charge in [0.15, 0.2) is 0 Å². The van der Waals surface area contributed by atoms with Crippen LogP contribution in [0.3, 0.4) is 0 Å². The number of benzene rings is 1. The second-order valence-electron chi connectivity index (χ2n) is 5.31. The molecule has 1 saturated heterocycles. The average Bonchev–Trinajstić information content (AvgIpc) is 2.55. The van der Waals surface area contributed by atoms with Crippen LogP contribution in [-0.4, -0.2) is 51.2 Å². The molecule has 0 atom stereocenters. The topological polar surface area (TPSA) is 50.8 Å². The van der Waals surface area contributed by atoms with Crippen LogP contribution in [-0.2, 0) is 4.79 Å². The van der Waals surface area contributed by atoms with Gasteiger partial charge in [-0.05, 0) is 50.2 Å². The molecule has 0 bridgehead atoms. The molecule has 1 aromatic carbocycles. The Labute approximate surface area is 138 Å². The van der Waals surface area contributed by atoms with Crippen molar-refractivity contribution in [3.05, 3.63) is 24.3 Å². The van der Waals surface area contributed by atoms with Crippen molar-refractivity contribution in [3.63, 3.8) is 0 Å². The van der Waals surface area contributed by atoms with Crippen molar-refractivity contribution in [1.29, 1.82) is 0 Å². The third kappa shape index (κ3) is 5.39. The minimum Gasteiger partial charge on any atom is -0.497 e. The predicted octanol–water partition coefficient (Wildman–Crippen LogP) is 1.95. The van der Waals surface area contributed by atoms with E-state index in [2.05, 4.69) is 5.32 Å². The quantitative estimate of drug-likeness (QED) is 0.867. The van der Waals surface area contributed by atoms with E-state index < -0.39 is 0 Å². The minimum absolute atomic E-state index is 0. The molecule has 1 fully saturated rings. The molecule has 1 aromatic rings. The van der Waals surface area contributed by atoms with Crippen LogP contribution in [0.2, 0.25) is 0 Å². The Kier molecular flexibility index (Phi) is 8.06. The molecule has 6 heteroatoms. The Hall–Kier alpha value is -1.46. The number of hydrogen-bond donors (Lipinski definition) is 1. The first-order chi connectivity index (χ1) is 10.2. The first-order valence-corrected chi connectivity index (χ1v) is 7.43. The second-order valence-corrected chi connectivity index (χ2v) is 5.31. The molecule has 1 amide bonds. The standard InChI is InChI=1S/C16H24N2O3.ClH/c1-18(16(19)13-7-9-17-10-8-13)11-12-21-15-5-3-14(20-2)4-6-15;/h3-6,13,17H,7-12H2,1-2H3;1H. The van der Waals surface area contributed by atoms with Gasteiger partial charge in [-0.2, -0.15) is 0 Å². The second kappa shape index (κ2) is 9.54. The average molecular weight is 329 g/mol. The molecule has 0 radical (unpaired) electrons. The number of carbonyl (C=O) groups excluding carboxylic acids is 1. The zero-order valence-corrected chi connectivity index (χ0v) is 14.0. The molecule has 0 unspecified atom stereocenters. The molecule has 1 heterocycles. The lowest BCUT2D eigenvalue weighted by atomic mass is 9.97. The Morgan fingerprint density at radius 2 is 1.82 bits per heavy atom. The molecule has 0 aliphatic carbocycles. The molecule has 124 valence electrons. The summed E-state index contributed by atoms with van der Waals surface area (Å²) in [6, 6.07) is 7.46. The van der Waals surface area contributed by atoms with Crippen molar-refractivity contribution in [2.24, 2.45) is 5.92 Å². The fourth-order valence-electron chi connectivity index (χ4n) is 2.46. The van der Waals surface area contributed by atoms with Crippen molar-refractivity contribution in [1.82, 2.24) is 10.2 Å². The van der Waals surface area contributed by atoms with Crippen molar-refractivity contribution in [2.75, 3.05) is 40.4 Å². The number of likely N-dealkylation sites (N-methyl/N-ethyl adjacent to an activating group) is 1. The Bertz CT molecular complexity index is 447. The fourth-order valence-corrected chi connectivity index (χ4v) is 2.46. The van der Waals surface area contributed by atoms with E-state index in [9.17, 15) is 4.79 Å². The minimum atomic E-state index is 0. The van der Waals surface area contributed by atoms with E-state index in [0.29, 0.717) is 13.2 Å². The Morgan fingerprint density at radius 1 is 1.23 bits per heavy atom. The summed E-state index contributed by atoms with van der Waals surface area (Å²) in [5.41, 5.74) is 0. The van der Waals surface area contributed by atoms with Crippen LogP contribution in [0.5, 0.6) is 11.5 Å². The smallest absolute Gasteiger partial charge is 0.225 e. The molecule has 1 aliphatic heterocycles. The highest BCUT2D eigenvalue weighted by Gasteiger charge is 2.23. The van der Waals surface area contributed by atoms with Crippen molar-refractivity contribution in [3.8, 4) is 11.5 Å². The number of carbonyl (C=O) groups is 1. The van der Waals surface area contributed by atoms with E-state index in [4.69, 9.17) is 9.47 Å². The first kappa shape index (κ1) is 18.6. The van der Waals surface area contributed by atoms with E-state index >= 15 is 0 Å². The number of halogens is 1. The molecule has 2 rings (SSSR count). The lowest BCUT2D eigenvalue weighted by Gasteiger charge is -2.26. The van der Waals surface area contributed by atoms with Gasteiger partial charge in [-0.25, -0.2) is 0 Å². The van der Waals surface area contributed by atoms with Gasteiger partial charge < -0.3 is 19.7 Å². The van der Waals surface area contributed by atoms with Crippen molar-refractivity contribution in [2.45, 2.75) is 12.8 Å². The summed E-state index contributed by atoms with van der Waals surface area (Å²) in [5, 5.41) is 3.28. The van der Waals surface area contributed by atoms with Crippen LogP contribution in [0.1, 0.15) is 12.8 Å². The van der Waals surface area contributed by atoms with Crippen LogP contribution in [0.4, 0.5) is 0 Å². The lowest BCUT2D eigenvalue weighted by Crippen LogP contribution is -2.40. The highest BCUT2D eigenvalue weighted by atomic mass is 35.5. The Morgan fingerprint density at radius 3 is 2.41 bits per heavy atom. The van der Waals surface area contributed by atoms with E-state index in [-0.39, 0.29) is 24.2 Å². The summed E-state index contributed by atoms with van der Waals surface area (Å²) in [6.45, 7) is 2.98. The number of methoxy groups -OCH3 is 1. The largest absolute Gasteiger partial charge is 0.497 e. The van der Waals surface area contributed by atoms with Gasteiger partial charge in [-0.15, -0.1) is 12.4 Å². The summed E-state index contributed by atoms with van der Waals surface area (Å²) in [7, 11) is 3.49. The SMILES string of the molecule is COc1ccc(OCCN(C)C(=O)C2CCNCC2)cc1.Cl. The van der Waals surface area contributed by atoms with Gasteiger partial charge >= 0.3 is 0 Å². The number of ether oxygens (including phenoxy) is 2. The van der Waals surface area contributed by atoms with E-state index in [0.717, 1.165) is 37.4 Å². The number of amides is 1. The van der Waals surface area contributed by atoms with Gasteiger partial charge in [-0.1, -0.05) is 0 Å². The first-order valence-electron chi connectivity index (χ1n) is 7.43. The van der Waals surface area contributed by atoms with E-state index in [1.807, 2.05) is 31.3 Å². The van der Waals surface area contributed by atoms with Crippen LogP contribution >= 0.6 is 12.4 Å². The number of rotatable bonds is 6. The molecule has 1 N–H and O–H groups in total. The zero-order chi connectivity index (χ0) is 15.1. The number of nitrogens with zero attached hydrogens (tertiary/aromatic N) is 1. The molecule has 0 spiro atoms. The summed E-state index contributed by atoms with van der Waals surface area (Å²) in [6.07, 6.45) is 1.87. The maximum Gasteiger partial charge on any atom is 0.225 e. The fraction of sp³-hybridized carbons (Fsp3) is 0.562. The van der Waals surface area contributed by atoms with Crippen LogP contribution in [0.25, 0.3) is 0 Å². The Balaban J connectivity index is 0.00000242. The van der Waals surface area contributed by atoms with Crippen LogP contribution in [0, 0.1) is 5.92 Å². The monoisotopic (exact) mass is 328 g/mol. The maximum absolute atomic E-state index is 12.3. The third-order valence-electron chi connectivity index (χ3n) is 3.82. The maximum atomic E-state index is 12.3. The highest BCUT2D eigenvalue weighted by Crippen LogP contribution is 2.17. The number of nitrogens with one attached hydrogen (secondary N) is 1. The molecular formula is C16H25ClN2O3. The molecule has 22 heavy (non-hydrogen) atoms. The summed E-state index contributed by atoms with van der Waals surface area (Å²) < 4.78 is 10.7. The molecular weight excluding hydrogens is 304 g/mol. The van der Waals surface area contributed by atoms with E-state index in [1.165, 1.54) is 0 Å². The number of piperidine rings is 1. The van der Waals surface area contributed by atoms with Gasteiger partial charge in [0.2, 0.25) is 5.91 Å². The van der Waals surface area contributed by atoms with E-state index in [1.54, 1.807) is 12.0 Å². The molecule has 5 nitrogen and oxygen atoms in total. The summed E-state index contributed by atoms with van der Waals surface area (Å²) in [5.74, 6) is 1.99. The predicted molar refractivity (Wildman–Crippen MR) is 89.0 cm³/mol. The lowest BCUT2D eigenvalue weighted by molar-refractivity contribution is -0.135. The van der Waals surface area contributed by atoms with Crippen LogP contribution < -0.4 is 14.8 Å². The van der Waals surface area contributed by atoms with Gasteiger partial charge in [0.1, 0.15) is 18.1 Å². The van der Waals surface area contributed by atoms with Crippen LogP contribution in [0.15, 0.2) is 24.3 Å². The molecule has 0 saturated carbocycles. The third-order valence-corrected chi connectivity index (χ3v) is 3.82. The zero-order valence-electron chi connectivity index (χ0n) is 13.2. The molecule has 0 aromatic heterocycles. The normalized spacial score (nSPS) is 14.8. The van der Waals surface area contributed by atoms with Gasteiger partial charge in [0.25, 0.3) is 0 Å². The molecule has 1 aliphatic rings. The number of hydrogen-bond acceptors (Lipinski definition) is 4. The van der Waals surface area contributed by atoms with Crippen molar-refractivity contribution >= 4 is 18.3 Å². The summed E-state index contributed by atoms with van der Waals surface area (Å²) >= 11 is 0.